The lowest BCUT2D eigenvalue weighted by atomic mass is 10.1. The van der Waals surface area contributed by atoms with Gasteiger partial charge in [-0.3, -0.25) is 4.79 Å². The fourth-order valence-electron chi connectivity index (χ4n) is 2.44. The Kier molecular flexibility index (Phi) is 2.89. The molecule has 2 aromatic carbocycles. The third-order valence-corrected chi connectivity index (χ3v) is 3.52. The summed E-state index contributed by atoms with van der Waals surface area (Å²) in [4.78, 5) is 11.4. The molecule has 0 fully saturated rings. The summed E-state index contributed by atoms with van der Waals surface area (Å²) in [5, 5.41) is 7.39. The number of para-hydroxylation sites is 1. The highest BCUT2D eigenvalue weighted by Gasteiger charge is 2.16. The molecule has 0 atom stereocenters. The molecule has 0 spiro atoms. The van der Waals surface area contributed by atoms with Crippen LogP contribution in [0.15, 0.2) is 60.8 Å². The van der Waals surface area contributed by atoms with E-state index in [1.165, 1.54) is 0 Å². The molecule has 22 heavy (non-hydrogen) atoms. The van der Waals surface area contributed by atoms with Crippen molar-refractivity contribution in [3.8, 4) is 22.7 Å². The lowest BCUT2D eigenvalue weighted by molar-refractivity contribution is -0.118. The van der Waals surface area contributed by atoms with Gasteiger partial charge in [-0.2, -0.15) is 5.10 Å². The minimum Gasteiger partial charge on any atom is -0.482 e. The number of anilines is 1. The molecule has 4 rings (SSSR count). The Morgan fingerprint density at radius 3 is 2.82 bits per heavy atom. The molecule has 1 aliphatic heterocycles. The summed E-state index contributed by atoms with van der Waals surface area (Å²) >= 11 is 0. The van der Waals surface area contributed by atoms with E-state index in [2.05, 4.69) is 10.4 Å². The SMILES string of the molecule is O=C1COc2ccc(-c3ccn(-c4ccccc4)n3)cc2N1. The van der Waals surface area contributed by atoms with Gasteiger partial charge in [-0.05, 0) is 36.4 Å². The maximum Gasteiger partial charge on any atom is 0.262 e. The average molecular weight is 291 g/mol. The first-order chi connectivity index (χ1) is 10.8. The summed E-state index contributed by atoms with van der Waals surface area (Å²) in [7, 11) is 0. The Morgan fingerprint density at radius 1 is 1.09 bits per heavy atom. The molecule has 0 bridgehead atoms. The summed E-state index contributed by atoms with van der Waals surface area (Å²) in [6, 6.07) is 17.5. The standard InChI is InChI=1S/C17H13N3O2/c21-17-11-22-16-7-6-12(10-15(16)18-17)14-8-9-20(19-14)13-4-2-1-3-5-13/h1-10H,11H2,(H,18,21). The summed E-state index contributed by atoms with van der Waals surface area (Å²) in [5.74, 6) is 0.547. The van der Waals surface area contributed by atoms with Gasteiger partial charge in [-0.1, -0.05) is 18.2 Å². The molecule has 3 aromatic rings. The molecule has 1 N–H and O–H groups in total. The second-order valence-corrected chi connectivity index (χ2v) is 5.03. The number of carbonyl (C=O) groups excluding carboxylic acids is 1. The van der Waals surface area contributed by atoms with Crippen LogP contribution in [0.1, 0.15) is 0 Å². The molecule has 5 nitrogen and oxygen atoms in total. The van der Waals surface area contributed by atoms with Crippen molar-refractivity contribution < 1.29 is 9.53 Å². The Hall–Kier alpha value is -3.08. The van der Waals surface area contributed by atoms with E-state index in [0.717, 1.165) is 16.9 Å². The van der Waals surface area contributed by atoms with Crippen molar-refractivity contribution in [1.29, 1.82) is 0 Å². The van der Waals surface area contributed by atoms with Crippen LogP contribution in [0.25, 0.3) is 16.9 Å². The van der Waals surface area contributed by atoms with Crippen molar-refractivity contribution in [3.63, 3.8) is 0 Å². The van der Waals surface area contributed by atoms with E-state index in [1.807, 2.05) is 65.5 Å². The normalized spacial score (nSPS) is 13.2. The second kappa shape index (κ2) is 5.04. The predicted octanol–water partition coefficient (Wildman–Crippen LogP) is 2.87. The lowest BCUT2D eigenvalue weighted by Gasteiger charge is -2.18. The molecule has 0 unspecified atom stereocenters. The van der Waals surface area contributed by atoms with Gasteiger partial charge in [0.1, 0.15) is 5.75 Å². The van der Waals surface area contributed by atoms with Crippen molar-refractivity contribution in [2.45, 2.75) is 0 Å². The zero-order valence-corrected chi connectivity index (χ0v) is 11.7. The van der Waals surface area contributed by atoms with E-state index in [4.69, 9.17) is 4.74 Å². The Bertz CT molecular complexity index is 840. The highest BCUT2D eigenvalue weighted by molar-refractivity contribution is 5.96. The maximum atomic E-state index is 11.4. The van der Waals surface area contributed by atoms with Crippen LogP contribution in [0.3, 0.4) is 0 Å². The molecular formula is C17H13N3O2. The number of benzene rings is 2. The topological polar surface area (TPSA) is 56.2 Å². The summed E-state index contributed by atoms with van der Waals surface area (Å²) in [5.41, 5.74) is 3.46. The van der Waals surface area contributed by atoms with Crippen molar-refractivity contribution in [2.75, 3.05) is 11.9 Å². The number of amides is 1. The Morgan fingerprint density at radius 2 is 1.95 bits per heavy atom. The molecular weight excluding hydrogens is 278 g/mol. The predicted molar refractivity (Wildman–Crippen MR) is 83.1 cm³/mol. The van der Waals surface area contributed by atoms with Gasteiger partial charge < -0.3 is 10.1 Å². The number of carbonyl (C=O) groups is 1. The number of hydrogen-bond acceptors (Lipinski definition) is 3. The first-order valence-corrected chi connectivity index (χ1v) is 6.98. The molecule has 2 heterocycles. The fraction of sp³-hybridized carbons (Fsp3) is 0.0588. The smallest absolute Gasteiger partial charge is 0.262 e. The number of fused-ring (bicyclic) bond motifs is 1. The summed E-state index contributed by atoms with van der Waals surface area (Å²) < 4.78 is 7.19. The van der Waals surface area contributed by atoms with E-state index in [9.17, 15) is 4.79 Å². The van der Waals surface area contributed by atoms with Crippen molar-refractivity contribution >= 4 is 11.6 Å². The molecule has 0 saturated heterocycles. The first kappa shape index (κ1) is 12.6. The van der Waals surface area contributed by atoms with Crippen molar-refractivity contribution in [2.24, 2.45) is 0 Å². The Balaban J connectivity index is 1.70. The minimum atomic E-state index is -0.139. The highest BCUT2D eigenvalue weighted by atomic mass is 16.5. The molecule has 1 amide bonds. The van der Waals surface area contributed by atoms with Crippen LogP contribution in [-0.4, -0.2) is 22.3 Å². The zero-order chi connectivity index (χ0) is 14.9. The minimum absolute atomic E-state index is 0.0645. The number of aromatic nitrogens is 2. The van der Waals surface area contributed by atoms with Gasteiger partial charge in [-0.25, -0.2) is 4.68 Å². The molecule has 1 aliphatic rings. The zero-order valence-electron chi connectivity index (χ0n) is 11.7. The van der Waals surface area contributed by atoms with Gasteiger partial charge in [0.15, 0.2) is 6.61 Å². The van der Waals surface area contributed by atoms with Gasteiger partial charge in [0.25, 0.3) is 5.91 Å². The molecule has 1 aromatic heterocycles. The molecule has 0 aliphatic carbocycles. The van der Waals surface area contributed by atoms with Crippen molar-refractivity contribution in [1.82, 2.24) is 9.78 Å². The van der Waals surface area contributed by atoms with Crippen LogP contribution >= 0.6 is 0 Å². The van der Waals surface area contributed by atoms with Gasteiger partial charge in [-0.15, -0.1) is 0 Å². The van der Waals surface area contributed by atoms with Gasteiger partial charge in [0, 0.05) is 11.8 Å². The van der Waals surface area contributed by atoms with Gasteiger partial charge in [0.2, 0.25) is 0 Å². The molecule has 0 saturated carbocycles. The maximum absolute atomic E-state index is 11.4. The van der Waals surface area contributed by atoms with E-state index < -0.39 is 0 Å². The van der Waals surface area contributed by atoms with Crippen LogP contribution in [0.4, 0.5) is 5.69 Å². The van der Waals surface area contributed by atoms with Gasteiger partial charge >= 0.3 is 0 Å². The molecule has 5 heteroatoms. The number of ether oxygens (including phenoxy) is 1. The second-order valence-electron chi connectivity index (χ2n) is 5.03. The number of nitrogens with zero attached hydrogens (tertiary/aromatic N) is 2. The number of hydrogen-bond donors (Lipinski definition) is 1. The third kappa shape index (κ3) is 2.22. The largest absolute Gasteiger partial charge is 0.482 e. The monoisotopic (exact) mass is 291 g/mol. The molecule has 0 radical (unpaired) electrons. The first-order valence-electron chi connectivity index (χ1n) is 6.98. The van der Waals surface area contributed by atoms with E-state index >= 15 is 0 Å². The number of nitrogens with one attached hydrogen (secondary N) is 1. The summed E-state index contributed by atoms with van der Waals surface area (Å²) in [6.45, 7) is 0.0645. The van der Waals surface area contributed by atoms with E-state index in [1.54, 1.807) is 0 Å². The van der Waals surface area contributed by atoms with Crippen LogP contribution in [0.2, 0.25) is 0 Å². The van der Waals surface area contributed by atoms with Crippen LogP contribution in [0.5, 0.6) is 5.75 Å². The Labute approximate surface area is 127 Å². The lowest BCUT2D eigenvalue weighted by Crippen LogP contribution is -2.25. The van der Waals surface area contributed by atoms with Crippen molar-refractivity contribution in [3.05, 3.63) is 60.8 Å². The summed E-state index contributed by atoms with van der Waals surface area (Å²) in [6.07, 6.45) is 1.92. The average Bonchev–Trinajstić information content (AvgIpc) is 3.05. The third-order valence-electron chi connectivity index (χ3n) is 3.52. The van der Waals surface area contributed by atoms with E-state index in [-0.39, 0.29) is 12.5 Å². The van der Waals surface area contributed by atoms with Crippen LogP contribution < -0.4 is 10.1 Å². The van der Waals surface area contributed by atoms with Crippen LogP contribution in [0, 0.1) is 0 Å². The highest BCUT2D eigenvalue weighted by Crippen LogP contribution is 2.32. The molecule has 108 valence electrons. The fourth-order valence-corrected chi connectivity index (χ4v) is 2.44. The van der Waals surface area contributed by atoms with E-state index in [0.29, 0.717) is 11.4 Å². The van der Waals surface area contributed by atoms with Gasteiger partial charge in [0.05, 0.1) is 17.1 Å². The van der Waals surface area contributed by atoms with Crippen LogP contribution in [-0.2, 0) is 4.79 Å². The number of rotatable bonds is 2. The quantitative estimate of drug-likeness (QED) is 0.790.